The molecule has 3 aliphatic carbocycles. The van der Waals surface area contributed by atoms with E-state index in [1.54, 1.807) is 0 Å². The van der Waals surface area contributed by atoms with E-state index in [2.05, 4.69) is 34.9 Å². The summed E-state index contributed by atoms with van der Waals surface area (Å²) in [6, 6.07) is 15.2. The van der Waals surface area contributed by atoms with E-state index in [1.807, 2.05) is 24.3 Å². The van der Waals surface area contributed by atoms with Crippen molar-refractivity contribution in [3.8, 4) is 11.1 Å². The number of carboxylic acids is 1. The molecule has 2 aromatic carbocycles. The molecule has 5 rings (SSSR count). The molecule has 3 unspecified atom stereocenters. The second-order valence-corrected chi connectivity index (χ2v) is 9.63. The highest BCUT2D eigenvalue weighted by atomic mass is 16.5. The normalized spacial score (nSPS) is 22.2. The van der Waals surface area contributed by atoms with Crippen LogP contribution in [0, 0.1) is 11.8 Å². The molecule has 2 fully saturated rings. The van der Waals surface area contributed by atoms with Gasteiger partial charge in [-0.1, -0.05) is 61.4 Å². The number of amides is 2. The highest BCUT2D eigenvalue weighted by molar-refractivity contribution is 5.87. The number of benzene rings is 2. The third-order valence-electron chi connectivity index (χ3n) is 7.68. The zero-order chi connectivity index (χ0) is 23.7. The third kappa shape index (κ3) is 4.27. The molecule has 7 nitrogen and oxygen atoms in total. The maximum absolute atomic E-state index is 13.1. The first-order chi connectivity index (χ1) is 16.5. The summed E-state index contributed by atoms with van der Waals surface area (Å²) in [4.78, 5) is 37.3. The first kappa shape index (κ1) is 22.4. The number of alkyl carbamates (subject to hydrolysis) is 1. The Morgan fingerprint density at radius 2 is 1.53 bits per heavy atom. The Morgan fingerprint density at radius 3 is 2.12 bits per heavy atom. The summed E-state index contributed by atoms with van der Waals surface area (Å²) in [7, 11) is 0. The predicted octanol–water partition coefficient (Wildman–Crippen LogP) is 4.06. The van der Waals surface area contributed by atoms with E-state index in [0.29, 0.717) is 12.8 Å². The summed E-state index contributed by atoms with van der Waals surface area (Å²) in [5.74, 6) is -1.77. The Kier molecular flexibility index (Phi) is 6.26. The van der Waals surface area contributed by atoms with Gasteiger partial charge in [-0.15, -0.1) is 0 Å². The van der Waals surface area contributed by atoms with Crippen molar-refractivity contribution in [1.29, 1.82) is 0 Å². The number of carbonyl (C=O) groups excluding carboxylic acids is 2. The van der Waals surface area contributed by atoms with Gasteiger partial charge in [-0.2, -0.15) is 0 Å². The first-order valence-electron chi connectivity index (χ1n) is 12.2. The van der Waals surface area contributed by atoms with Crippen molar-refractivity contribution in [1.82, 2.24) is 10.6 Å². The van der Waals surface area contributed by atoms with Crippen molar-refractivity contribution in [2.75, 3.05) is 6.61 Å². The largest absolute Gasteiger partial charge is 0.481 e. The van der Waals surface area contributed by atoms with Gasteiger partial charge in [0, 0.05) is 12.0 Å². The number of hydrogen-bond donors (Lipinski definition) is 3. The van der Waals surface area contributed by atoms with Crippen LogP contribution in [-0.2, 0) is 14.3 Å². The number of hydrogen-bond acceptors (Lipinski definition) is 4. The number of fused-ring (bicyclic) bond motifs is 3. The average Bonchev–Trinajstić information content (AvgIpc) is 3.39. The molecule has 0 saturated heterocycles. The monoisotopic (exact) mass is 462 g/mol. The molecule has 34 heavy (non-hydrogen) atoms. The van der Waals surface area contributed by atoms with Crippen LogP contribution >= 0.6 is 0 Å². The van der Waals surface area contributed by atoms with Gasteiger partial charge in [-0.3, -0.25) is 9.59 Å². The van der Waals surface area contributed by atoms with Crippen molar-refractivity contribution in [2.45, 2.75) is 56.5 Å². The van der Waals surface area contributed by atoms with E-state index in [4.69, 9.17) is 4.74 Å². The fourth-order valence-corrected chi connectivity index (χ4v) is 5.64. The zero-order valence-corrected chi connectivity index (χ0v) is 19.0. The molecule has 0 aliphatic heterocycles. The number of ether oxygens (including phenoxy) is 1. The minimum Gasteiger partial charge on any atom is -0.481 e. The molecule has 2 aromatic rings. The lowest BCUT2D eigenvalue weighted by Crippen LogP contribution is -2.55. The molecule has 0 heterocycles. The maximum Gasteiger partial charge on any atom is 0.407 e. The Bertz CT molecular complexity index is 1050. The minimum absolute atomic E-state index is 0.0464. The van der Waals surface area contributed by atoms with Crippen LogP contribution in [0.4, 0.5) is 4.79 Å². The second-order valence-electron chi connectivity index (χ2n) is 9.63. The van der Waals surface area contributed by atoms with Crippen LogP contribution in [0.15, 0.2) is 48.5 Å². The molecular weight excluding hydrogens is 432 g/mol. The van der Waals surface area contributed by atoms with Crippen molar-refractivity contribution >= 4 is 18.0 Å². The Balaban J connectivity index is 1.24. The first-order valence-corrected chi connectivity index (χ1v) is 12.2. The van der Waals surface area contributed by atoms with Crippen LogP contribution in [0.25, 0.3) is 11.1 Å². The number of rotatable bonds is 7. The SMILES string of the molecule is O=C(NC(C(=O)NC1CCCC1C(=O)O)C1CCC1)OCC1c2ccccc2-c2ccccc21. The van der Waals surface area contributed by atoms with Gasteiger partial charge < -0.3 is 20.5 Å². The molecule has 3 aliphatic rings. The zero-order valence-electron chi connectivity index (χ0n) is 19.0. The van der Waals surface area contributed by atoms with E-state index in [0.717, 1.165) is 47.9 Å². The van der Waals surface area contributed by atoms with E-state index < -0.39 is 30.1 Å². The molecule has 2 amide bonds. The highest BCUT2D eigenvalue weighted by Gasteiger charge is 2.39. The van der Waals surface area contributed by atoms with Crippen molar-refractivity contribution in [2.24, 2.45) is 11.8 Å². The highest BCUT2D eigenvalue weighted by Crippen LogP contribution is 2.44. The van der Waals surface area contributed by atoms with Gasteiger partial charge in [0.2, 0.25) is 5.91 Å². The summed E-state index contributed by atoms with van der Waals surface area (Å²) in [5, 5.41) is 15.1. The van der Waals surface area contributed by atoms with Crippen molar-refractivity contribution in [3.05, 3.63) is 59.7 Å². The van der Waals surface area contributed by atoms with Crippen LogP contribution in [-0.4, -0.2) is 41.8 Å². The van der Waals surface area contributed by atoms with Crippen LogP contribution in [0.2, 0.25) is 0 Å². The van der Waals surface area contributed by atoms with Gasteiger partial charge in [0.25, 0.3) is 0 Å². The summed E-state index contributed by atoms with van der Waals surface area (Å²) in [5.41, 5.74) is 4.57. The van der Waals surface area contributed by atoms with Crippen molar-refractivity contribution in [3.63, 3.8) is 0 Å². The molecule has 3 atom stereocenters. The van der Waals surface area contributed by atoms with Gasteiger partial charge in [-0.05, 0) is 53.9 Å². The summed E-state index contributed by atoms with van der Waals surface area (Å²) in [6.07, 6.45) is 4.09. The van der Waals surface area contributed by atoms with Crippen LogP contribution < -0.4 is 10.6 Å². The van der Waals surface area contributed by atoms with E-state index in [-0.39, 0.29) is 24.3 Å². The fraction of sp³-hybridized carbons (Fsp3) is 0.444. The molecule has 0 aromatic heterocycles. The third-order valence-corrected chi connectivity index (χ3v) is 7.68. The van der Waals surface area contributed by atoms with Crippen LogP contribution in [0.3, 0.4) is 0 Å². The number of carbonyl (C=O) groups is 3. The van der Waals surface area contributed by atoms with Crippen LogP contribution in [0.1, 0.15) is 55.6 Å². The minimum atomic E-state index is -0.882. The van der Waals surface area contributed by atoms with Gasteiger partial charge in [-0.25, -0.2) is 4.79 Å². The standard InChI is InChI=1S/C27H30N2O5/c30-25(28-23-14-6-13-21(23)26(31)32)24(16-7-5-8-16)29-27(33)34-15-22-19-11-3-1-9-17(19)18-10-2-4-12-20(18)22/h1-4,9-12,16,21-24H,5-8,13-15H2,(H,28,30)(H,29,33)(H,31,32). The quantitative estimate of drug-likeness (QED) is 0.576. The smallest absolute Gasteiger partial charge is 0.407 e. The molecule has 2 saturated carbocycles. The average molecular weight is 463 g/mol. The lowest BCUT2D eigenvalue weighted by Gasteiger charge is -2.34. The molecule has 178 valence electrons. The van der Waals surface area contributed by atoms with Crippen LogP contribution in [0.5, 0.6) is 0 Å². The fourth-order valence-electron chi connectivity index (χ4n) is 5.64. The van der Waals surface area contributed by atoms with Gasteiger partial charge in [0.05, 0.1) is 5.92 Å². The summed E-state index contributed by atoms with van der Waals surface area (Å²) in [6.45, 7) is 0.183. The Morgan fingerprint density at radius 1 is 0.912 bits per heavy atom. The Hall–Kier alpha value is -3.35. The summed E-state index contributed by atoms with van der Waals surface area (Å²) < 4.78 is 5.64. The van der Waals surface area contributed by atoms with Gasteiger partial charge in [0.15, 0.2) is 0 Å². The van der Waals surface area contributed by atoms with Crippen molar-refractivity contribution < 1.29 is 24.2 Å². The topological polar surface area (TPSA) is 105 Å². The Labute approximate surface area is 198 Å². The van der Waals surface area contributed by atoms with E-state index in [1.165, 1.54) is 0 Å². The lowest BCUT2D eigenvalue weighted by atomic mass is 9.79. The van der Waals surface area contributed by atoms with E-state index in [9.17, 15) is 19.5 Å². The lowest BCUT2D eigenvalue weighted by molar-refractivity contribution is -0.142. The maximum atomic E-state index is 13.1. The summed E-state index contributed by atoms with van der Waals surface area (Å²) >= 11 is 0. The van der Waals surface area contributed by atoms with E-state index >= 15 is 0 Å². The molecular formula is C27H30N2O5. The predicted molar refractivity (Wildman–Crippen MR) is 126 cm³/mol. The molecule has 7 heteroatoms. The van der Waals surface area contributed by atoms with Gasteiger partial charge >= 0.3 is 12.1 Å². The van der Waals surface area contributed by atoms with Gasteiger partial charge in [0.1, 0.15) is 12.6 Å². The molecule has 0 radical (unpaired) electrons. The number of nitrogens with one attached hydrogen (secondary N) is 2. The second kappa shape index (κ2) is 9.49. The molecule has 3 N–H and O–H groups in total. The molecule has 0 spiro atoms. The molecule has 0 bridgehead atoms. The number of aliphatic carboxylic acids is 1. The number of carboxylic acid groups (broad SMARTS) is 1.